The molecule has 2 amide bonds. The number of nitrogens with zero attached hydrogens (tertiary/aromatic N) is 3. The monoisotopic (exact) mass is 297 g/mol. The minimum absolute atomic E-state index is 0.0172. The van der Waals surface area contributed by atoms with Crippen LogP contribution in [0.2, 0.25) is 0 Å². The quantitative estimate of drug-likeness (QED) is 0.872. The lowest BCUT2D eigenvalue weighted by molar-refractivity contribution is 0.196. The number of amidine groups is 1. The Morgan fingerprint density at radius 2 is 2.05 bits per heavy atom. The molecule has 0 aliphatic carbocycles. The average Bonchev–Trinajstić information content (AvgIpc) is 3.17. The van der Waals surface area contributed by atoms with Gasteiger partial charge < -0.3 is 10.6 Å². The highest BCUT2D eigenvalue weighted by molar-refractivity contribution is 6.11. The molecule has 3 heterocycles. The molecule has 1 aromatic rings. The Balaban J connectivity index is 1.75. The summed E-state index contributed by atoms with van der Waals surface area (Å²) in [4.78, 5) is 20.7. The lowest BCUT2D eigenvalue weighted by Gasteiger charge is -2.31. The van der Waals surface area contributed by atoms with Gasteiger partial charge >= 0.3 is 6.03 Å². The second-order valence-electron chi connectivity index (χ2n) is 5.84. The molecule has 3 aliphatic rings. The van der Waals surface area contributed by atoms with Crippen molar-refractivity contribution in [1.29, 1.82) is 0 Å². The predicted octanol–water partition coefficient (Wildman–Crippen LogP) is 1.61. The van der Waals surface area contributed by atoms with Gasteiger partial charge in [-0.25, -0.2) is 9.79 Å². The maximum absolute atomic E-state index is 12.5. The zero-order valence-corrected chi connectivity index (χ0v) is 12.7. The van der Waals surface area contributed by atoms with Gasteiger partial charge in [-0.15, -0.1) is 0 Å². The summed E-state index contributed by atoms with van der Waals surface area (Å²) in [6.45, 7) is 2.84. The lowest BCUT2D eigenvalue weighted by Crippen LogP contribution is -2.49. The Bertz CT molecular complexity index is 681. The summed E-state index contributed by atoms with van der Waals surface area (Å²) in [5.74, 6) is 1.58. The first-order valence-electron chi connectivity index (χ1n) is 7.64. The smallest absolute Gasteiger partial charge is 0.331 e. The number of benzene rings is 1. The predicted molar refractivity (Wildman–Crippen MR) is 83.9 cm³/mol. The van der Waals surface area contributed by atoms with Gasteiger partial charge in [0, 0.05) is 19.6 Å². The van der Waals surface area contributed by atoms with Crippen molar-refractivity contribution in [1.82, 2.24) is 20.4 Å². The molecule has 2 N–H and O–H groups in total. The molecule has 22 heavy (non-hydrogen) atoms. The van der Waals surface area contributed by atoms with Gasteiger partial charge in [-0.2, -0.15) is 0 Å². The molecule has 0 bridgehead atoms. The topological polar surface area (TPSA) is 60.0 Å². The van der Waals surface area contributed by atoms with Crippen molar-refractivity contribution in [3.05, 3.63) is 47.4 Å². The summed E-state index contributed by atoms with van der Waals surface area (Å²) in [6.07, 6.45) is 0.843. The first-order chi connectivity index (χ1) is 10.7. The summed E-state index contributed by atoms with van der Waals surface area (Å²) in [5.41, 5.74) is 2.02. The van der Waals surface area contributed by atoms with Gasteiger partial charge in [-0.3, -0.25) is 9.80 Å². The molecule has 114 valence electrons. The SMILES string of the molecule is CC[C@@H]1CN2C(=O)N(C)C3=NC(c4ccccc4)NC3=C2N1. The van der Waals surface area contributed by atoms with E-state index in [0.29, 0.717) is 18.4 Å². The first-order valence-corrected chi connectivity index (χ1v) is 7.64. The van der Waals surface area contributed by atoms with Crippen LogP contribution in [-0.2, 0) is 0 Å². The molecule has 3 aliphatic heterocycles. The Morgan fingerprint density at radius 1 is 1.27 bits per heavy atom. The standard InChI is InChI=1S/C16H19N5O/c1-3-11-9-21-15(17-11)12-14(20(2)16(21)22)19-13(18-12)10-7-5-4-6-8-10/h4-8,11,13,17-18H,3,9H2,1-2H3/t11-,13?/m1/s1. The number of hydrogen-bond donors (Lipinski definition) is 2. The maximum atomic E-state index is 12.5. The van der Waals surface area contributed by atoms with Crippen molar-refractivity contribution in [3.63, 3.8) is 0 Å². The van der Waals surface area contributed by atoms with Crippen LogP contribution < -0.4 is 10.6 Å². The van der Waals surface area contributed by atoms with Crippen LogP contribution in [0.25, 0.3) is 0 Å². The number of aliphatic imine (C=N–C) groups is 1. The summed E-state index contributed by atoms with van der Waals surface area (Å²) >= 11 is 0. The first kappa shape index (κ1) is 13.2. The van der Waals surface area contributed by atoms with Crippen LogP contribution in [0.3, 0.4) is 0 Å². The highest BCUT2D eigenvalue weighted by atomic mass is 16.2. The van der Waals surface area contributed by atoms with Crippen LogP contribution in [0.5, 0.6) is 0 Å². The fraction of sp³-hybridized carbons (Fsp3) is 0.375. The van der Waals surface area contributed by atoms with E-state index in [1.165, 1.54) is 0 Å². The molecule has 0 radical (unpaired) electrons. The summed E-state index contributed by atoms with van der Waals surface area (Å²) < 4.78 is 0. The van der Waals surface area contributed by atoms with Crippen molar-refractivity contribution in [3.8, 4) is 0 Å². The van der Waals surface area contributed by atoms with Crippen LogP contribution in [0.1, 0.15) is 25.1 Å². The van der Waals surface area contributed by atoms with Crippen LogP contribution in [0.4, 0.5) is 4.79 Å². The number of carbonyl (C=O) groups excluding carboxylic acids is 1. The molecule has 1 aromatic carbocycles. The van der Waals surface area contributed by atoms with Gasteiger partial charge in [0.25, 0.3) is 0 Å². The highest BCUT2D eigenvalue weighted by Gasteiger charge is 2.43. The molecular formula is C16H19N5O. The molecule has 1 unspecified atom stereocenters. The number of nitrogens with one attached hydrogen (secondary N) is 2. The molecule has 4 rings (SSSR count). The van der Waals surface area contributed by atoms with E-state index in [-0.39, 0.29) is 12.2 Å². The number of hydrogen-bond acceptors (Lipinski definition) is 4. The van der Waals surface area contributed by atoms with Gasteiger partial charge in [0.05, 0.1) is 0 Å². The van der Waals surface area contributed by atoms with E-state index in [0.717, 1.165) is 23.5 Å². The van der Waals surface area contributed by atoms with Crippen LogP contribution in [-0.4, -0.2) is 41.3 Å². The normalized spacial score (nSPS) is 26.5. The third kappa shape index (κ3) is 1.80. The number of carbonyl (C=O) groups is 1. The van der Waals surface area contributed by atoms with E-state index in [1.807, 2.05) is 35.2 Å². The van der Waals surface area contributed by atoms with Crippen LogP contribution in [0.15, 0.2) is 46.8 Å². The molecule has 0 aromatic heterocycles. The van der Waals surface area contributed by atoms with Gasteiger partial charge in [0.1, 0.15) is 17.7 Å². The minimum Gasteiger partial charge on any atom is -0.365 e. The maximum Gasteiger partial charge on any atom is 0.331 e. The second kappa shape index (κ2) is 4.76. The van der Waals surface area contributed by atoms with Crippen LogP contribution in [0, 0.1) is 0 Å². The molecule has 1 saturated heterocycles. The van der Waals surface area contributed by atoms with Gasteiger partial charge in [-0.1, -0.05) is 37.3 Å². The number of likely N-dealkylation sites (N-methyl/N-ethyl adjacent to an activating group) is 1. The Kier molecular flexibility index (Phi) is 2.85. The summed E-state index contributed by atoms with van der Waals surface area (Å²) in [7, 11) is 1.78. The fourth-order valence-corrected chi connectivity index (χ4v) is 3.15. The summed E-state index contributed by atoms with van der Waals surface area (Å²) in [5, 5.41) is 6.91. The zero-order chi connectivity index (χ0) is 15.3. The number of urea groups is 1. The van der Waals surface area contributed by atoms with Crippen LogP contribution >= 0.6 is 0 Å². The molecule has 1 fully saturated rings. The highest BCUT2D eigenvalue weighted by Crippen LogP contribution is 2.31. The lowest BCUT2D eigenvalue weighted by atomic mass is 10.2. The van der Waals surface area contributed by atoms with E-state index in [9.17, 15) is 4.79 Å². The average molecular weight is 297 g/mol. The van der Waals surface area contributed by atoms with Gasteiger partial charge in [0.15, 0.2) is 5.84 Å². The Morgan fingerprint density at radius 3 is 2.77 bits per heavy atom. The fourth-order valence-electron chi connectivity index (χ4n) is 3.15. The van der Waals surface area contributed by atoms with Gasteiger partial charge in [-0.05, 0) is 12.0 Å². The van der Waals surface area contributed by atoms with E-state index >= 15 is 0 Å². The van der Waals surface area contributed by atoms with Crippen molar-refractivity contribution >= 4 is 11.9 Å². The third-order valence-corrected chi connectivity index (χ3v) is 4.45. The molecule has 6 nitrogen and oxygen atoms in total. The number of fused-ring (bicyclic) bond motifs is 2. The van der Waals surface area contributed by atoms with Crippen molar-refractivity contribution in [2.45, 2.75) is 25.6 Å². The Hall–Kier alpha value is -2.50. The van der Waals surface area contributed by atoms with Crippen molar-refractivity contribution in [2.75, 3.05) is 13.6 Å². The Labute approximate surface area is 129 Å². The zero-order valence-electron chi connectivity index (χ0n) is 12.7. The van der Waals surface area contributed by atoms with Crippen molar-refractivity contribution < 1.29 is 4.79 Å². The molecule has 6 heteroatoms. The minimum atomic E-state index is -0.142. The van der Waals surface area contributed by atoms with E-state index < -0.39 is 0 Å². The molecule has 2 atom stereocenters. The van der Waals surface area contributed by atoms with Gasteiger partial charge in [0.2, 0.25) is 0 Å². The number of amides is 2. The van der Waals surface area contributed by atoms with Crippen molar-refractivity contribution in [2.24, 2.45) is 4.99 Å². The molecule has 0 spiro atoms. The van der Waals surface area contributed by atoms with E-state index in [1.54, 1.807) is 11.9 Å². The molecule has 0 saturated carbocycles. The van der Waals surface area contributed by atoms with E-state index in [2.05, 4.69) is 17.6 Å². The van der Waals surface area contributed by atoms with E-state index in [4.69, 9.17) is 4.99 Å². The second-order valence-corrected chi connectivity index (χ2v) is 5.84. The third-order valence-electron chi connectivity index (χ3n) is 4.45. The summed E-state index contributed by atoms with van der Waals surface area (Å²) in [6, 6.07) is 10.4. The number of rotatable bonds is 2. The molecular weight excluding hydrogens is 278 g/mol. The largest absolute Gasteiger partial charge is 0.365 e.